The van der Waals surface area contributed by atoms with Crippen molar-refractivity contribution >= 4 is 40.6 Å². The van der Waals surface area contributed by atoms with Crippen LogP contribution in [0.25, 0.3) is 16.9 Å². The van der Waals surface area contributed by atoms with Crippen LogP contribution in [0.1, 0.15) is 30.3 Å². The average molecular weight is 512 g/mol. The van der Waals surface area contributed by atoms with Gasteiger partial charge in [-0.3, -0.25) is 23.5 Å². The fourth-order valence-electron chi connectivity index (χ4n) is 3.59. The number of nitrogens with zero attached hydrogens (tertiary/aromatic N) is 7. The molecule has 14 heteroatoms. The number of benzene rings is 1. The zero-order valence-electron chi connectivity index (χ0n) is 20.0. The van der Waals surface area contributed by atoms with Gasteiger partial charge in [-0.1, -0.05) is 43.3 Å². The van der Waals surface area contributed by atoms with Crippen LogP contribution in [0, 0.1) is 0 Å². The zero-order chi connectivity index (χ0) is 26.0. The molecule has 4 rings (SSSR count). The standard InChI is InChI=1S/C22H25N9O4S/c1-4-5-11-30-16-19(28(2)22(35)29(3)20(16)34)25-21(30)36-12-14(32)24-18-15(17(23)33)26-31(27-18)13-9-7-6-8-10-13/h6-10H,4-5,11-12H2,1-3H3,(H2,23,33)(H,24,27,32). The van der Waals surface area contributed by atoms with Crippen molar-refractivity contribution in [3.05, 3.63) is 56.9 Å². The number of amides is 2. The SMILES string of the molecule is CCCCn1c(SCC(=O)Nc2nn(-c3ccccc3)nc2C(N)=O)nc2c1c(=O)n(C)c(=O)n2C. The molecule has 188 valence electrons. The quantitative estimate of drug-likeness (QED) is 0.309. The summed E-state index contributed by atoms with van der Waals surface area (Å²) in [5.41, 5.74) is 5.46. The minimum absolute atomic E-state index is 0.0623. The van der Waals surface area contributed by atoms with E-state index in [-0.39, 0.29) is 22.9 Å². The monoisotopic (exact) mass is 511 g/mol. The van der Waals surface area contributed by atoms with E-state index in [0.29, 0.717) is 22.9 Å². The van der Waals surface area contributed by atoms with E-state index in [0.717, 1.165) is 29.2 Å². The molecule has 3 aromatic heterocycles. The first kappa shape index (κ1) is 24.9. The molecule has 3 N–H and O–H groups in total. The number of aryl methyl sites for hydroxylation is 2. The Bertz CT molecular complexity index is 1570. The number of carbonyl (C=O) groups excluding carboxylic acids is 2. The van der Waals surface area contributed by atoms with Crippen LogP contribution in [0.5, 0.6) is 0 Å². The Morgan fingerprint density at radius 2 is 1.81 bits per heavy atom. The molecule has 0 atom stereocenters. The van der Waals surface area contributed by atoms with Gasteiger partial charge in [0.2, 0.25) is 5.91 Å². The Morgan fingerprint density at radius 3 is 2.47 bits per heavy atom. The maximum absolute atomic E-state index is 12.8. The Hall–Kier alpha value is -4.20. The summed E-state index contributed by atoms with van der Waals surface area (Å²) in [5, 5.41) is 11.3. The van der Waals surface area contributed by atoms with E-state index in [2.05, 4.69) is 20.5 Å². The lowest BCUT2D eigenvalue weighted by molar-refractivity contribution is -0.113. The first-order valence-electron chi connectivity index (χ1n) is 11.1. The van der Waals surface area contributed by atoms with Crippen molar-refractivity contribution in [2.24, 2.45) is 19.8 Å². The summed E-state index contributed by atoms with van der Waals surface area (Å²) >= 11 is 1.10. The number of para-hydroxylation sites is 1. The number of hydrogen-bond donors (Lipinski definition) is 2. The molecule has 0 saturated heterocycles. The van der Waals surface area contributed by atoms with Crippen LogP contribution in [-0.4, -0.2) is 51.2 Å². The van der Waals surface area contributed by atoms with Gasteiger partial charge in [0, 0.05) is 20.6 Å². The lowest BCUT2D eigenvalue weighted by atomic mass is 10.3. The average Bonchev–Trinajstić information content (AvgIpc) is 3.46. The number of hydrogen-bond acceptors (Lipinski definition) is 8. The van der Waals surface area contributed by atoms with E-state index in [9.17, 15) is 19.2 Å². The van der Waals surface area contributed by atoms with Gasteiger partial charge in [0.15, 0.2) is 27.8 Å². The largest absolute Gasteiger partial charge is 0.364 e. The van der Waals surface area contributed by atoms with Crippen LogP contribution in [-0.2, 0) is 25.4 Å². The molecule has 36 heavy (non-hydrogen) atoms. The predicted molar refractivity (Wildman–Crippen MR) is 134 cm³/mol. The van der Waals surface area contributed by atoms with Crippen molar-refractivity contribution in [1.29, 1.82) is 0 Å². The maximum Gasteiger partial charge on any atom is 0.332 e. The summed E-state index contributed by atoms with van der Waals surface area (Å²) in [4.78, 5) is 55.5. The Morgan fingerprint density at radius 1 is 1.08 bits per heavy atom. The normalized spacial score (nSPS) is 11.2. The van der Waals surface area contributed by atoms with E-state index in [4.69, 9.17) is 5.73 Å². The van der Waals surface area contributed by atoms with Crippen molar-refractivity contribution in [3.63, 3.8) is 0 Å². The van der Waals surface area contributed by atoms with Crippen LogP contribution in [0.15, 0.2) is 45.1 Å². The van der Waals surface area contributed by atoms with Crippen molar-refractivity contribution in [2.75, 3.05) is 11.1 Å². The molecule has 3 heterocycles. The summed E-state index contributed by atoms with van der Waals surface area (Å²) in [6.45, 7) is 2.52. The molecular formula is C22H25N9O4S. The Kier molecular flexibility index (Phi) is 7.05. The molecule has 4 aromatic rings. The highest BCUT2D eigenvalue weighted by atomic mass is 32.2. The molecule has 0 unspecified atom stereocenters. The van der Waals surface area contributed by atoms with Gasteiger partial charge in [-0.05, 0) is 18.6 Å². The second-order valence-corrected chi connectivity index (χ2v) is 8.94. The highest BCUT2D eigenvalue weighted by Gasteiger charge is 2.22. The minimum Gasteiger partial charge on any atom is -0.364 e. The summed E-state index contributed by atoms with van der Waals surface area (Å²) < 4.78 is 4.08. The van der Waals surface area contributed by atoms with Crippen molar-refractivity contribution in [3.8, 4) is 5.69 Å². The molecule has 0 aliphatic rings. The third-order valence-corrected chi connectivity index (χ3v) is 6.45. The maximum atomic E-state index is 12.8. The highest BCUT2D eigenvalue weighted by Crippen LogP contribution is 2.23. The topological polar surface area (TPSA) is 165 Å². The highest BCUT2D eigenvalue weighted by molar-refractivity contribution is 7.99. The molecule has 0 aliphatic carbocycles. The zero-order valence-corrected chi connectivity index (χ0v) is 20.8. The van der Waals surface area contributed by atoms with Gasteiger partial charge in [0.25, 0.3) is 11.5 Å². The lowest BCUT2D eigenvalue weighted by Gasteiger charge is -2.08. The molecule has 0 saturated carbocycles. The number of nitrogens with one attached hydrogen (secondary N) is 1. The third-order valence-electron chi connectivity index (χ3n) is 5.47. The smallest absolute Gasteiger partial charge is 0.332 e. The van der Waals surface area contributed by atoms with Gasteiger partial charge in [0.1, 0.15) is 0 Å². The summed E-state index contributed by atoms with van der Waals surface area (Å²) in [6.07, 6.45) is 1.66. The third kappa shape index (κ3) is 4.66. The van der Waals surface area contributed by atoms with Crippen molar-refractivity contribution < 1.29 is 9.59 Å². The van der Waals surface area contributed by atoms with Crippen molar-refractivity contribution in [1.82, 2.24) is 33.7 Å². The molecule has 0 aliphatic heterocycles. The second kappa shape index (κ2) is 10.2. The van der Waals surface area contributed by atoms with Gasteiger partial charge in [0.05, 0.1) is 11.4 Å². The van der Waals surface area contributed by atoms with E-state index in [1.807, 2.05) is 13.0 Å². The summed E-state index contributed by atoms with van der Waals surface area (Å²) in [6, 6.07) is 8.87. The van der Waals surface area contributed by atoms with Crippen LogP contribution >= 0.6 is 11.8 Å². The van der Waals surface area contributed by atoms with E-state index >= 15 is 0 Å². The molecule has 13 nitrogen and oxygen atoms in total. The van der Waals surface area contributed by atoms with Gasteiger partial charge in [-0.15, -0.1) is 15.0 Å². The number of unbranched alkanes of at least 4 members (excludes halogenated alkanes) is 1. The van der Waals surface area contributed by atoms with Gasteiger partial charge in [-0.2, -0.15) is 0 Å². The molecular weight excluding hydrogens is 486 g/mol. The molecule has 0 fully saturated rings. The molecule has 0 spiro atoms. The van der Waals surface area contributed by atoms with Gasteiger partial charge >= 0.3 is 5.69 Å². The number of rotatable bonds is 9. The minimum atomic E-state index is -0.835. The van der Waals surface area contributed by atoms with Crippen LogP contribution < -0.4 is 22.3 Å². The first-order chi connectivity index (χ1) is 17.2. The fourth-order valence-corrected chi connectivity index (χ4v) is 4.41. The number of nitrogens with two attached hydrogens (primary N) is 1. The summed E-state index contributed by atoms with van der Waals surface area (Å²) in [7, 11) is 2.96. The fraction of sp³-hybridized carbons (Fsp3) is 0.318. The van der Waals surface area contributed by atoms with E-state index in [1.165, 1.54) is 16.4 Å². The second-order valence-electron chi connectivity index (χ2n) is 8.00. The van der Waals surface area contributed by atoms with E-state index in [1.54, 1.807) is 35.9 Å². The first-order valence-corrected chi connectivity index (χ1v) is 12.1. The van der Waals surface area contributed by atoms with Crippen LogP contribution in [0.4, 0.5) is 5.82 Å². The molecule has 2 amide bonds. The number of aromatic nitrogens is 7. The number of fused-ring (bicyclic) bond motifs is 1. The van der Waals surface area contributed by atoms with Gasteiger partial charge in [-0.25, -0.2) is 9.78 Å². The predicted octanol–water partition coefficient (Wildman–Crippen LogP) is 0.644. The Balaban J connectivity index is 1.60. The van der Waals surface area contributed by atoms with Crippen LogP contribution in [0.2, 0.25) is 0 Å². The number of imidazole rings is 1. The number of primary amides is 1. The number of carbonyl (C=O) groups is 2. The van der Waals surface area contributed by atoms with E-state index < -0.39 is 23.1 Å². The summed E-state index contributed by atoms with van der Waals surface area (Å²) in [5.74, 6) is -1.47. The van der Waals surface area contributed by atoms with Crippen LogP contribution in [0.3, 0.4) is 0 Å². The molecule has 0 radical (unpaired) electrons. The van der Waals surface area contributed by atoms with Crippen molar-refractivity contribution in [2.45, 2.75) is 31.5 Å². The lowest BCUT2D eigenvalue weighted by Crippen LogP contribution is -2.37. The Labute approximate surface area is 208 Å². The van der Waals surface area contributed by atoms with Gasteiger partial charge < -0.3 is 15.6 Å². The number of anilines is 1. The molecule has 0 bridgehead atoms. The number of thioether (sulfide) groups is 1. The molecule has 1 aromatic carbocycles.